The van der Waals surface area contributed by atoms with Crippen LogP contribution in [0.3, 0.4) is 0 Å². The summed E-state index contributed by atoms with van der Waals surface area (Å²) in [7, 11) is 2.86. The lowest BCUT2D eigenvalue weighted by Gasteiger charge is -2.35. The lowest BCUT2D eigenvalue weighted by atomic mass is 10.2. The monoisotopic (exact) mass is 347 g/mol. The average Bonchev–Trinajstić information content (AvgIpc) is 2.64. The zero-order valence-electron chi connectivity index (χ0n) is 14.8. The van der Waals surface area contributed by atoms with Crippen molar-refractivity contribution >= 4 is 24.3 Å². The average molecular weight is 347 g/mol. The summed E-state index contributed by atoms with van der Waals surface area (Å²) in [5.41, 5.74) is 0.797. The van der Waals surface area contributed by atoms with Gasteiger partial charge in [-0.2, -0.15) is 0 Å². The van der Waals surface area contributed by atoms with E-state index in [4.69, 9.17) is 9.47 Å². The summed E-state index contributed by atoms with van der Waals surface area (Å²) in [5.74, 6) is -0.631. The van der Waals surface area contributed by atoms with Gasteiger partial charge in [-0.25, -0.2) is 4.79 Å². The standard InChI is InChI=1S/C18H23N2O5/c1-14(24-3)20(15(2)25-4)18(23)19(12-13-21)17(22)11-10-16-8-6-5-7-9-16/h5-11,14-15H,12H2,1-4H3/b11-10+. The molecule has 2 atom stereocenters. The van der Waals surface area contributed by atoms with Crippen molar-refractivity contribution < 1.29 is 23.9 Å². The Kier molecular flexibility index (Phi) is 8.52. The first kappa shape index (κ1) is 20.5. The van der Waals surface area contributed by atoms with Gasteiger partial charge in [-0.15, -0.1) is 0 Å². The van der Waals surface area contributed by atoms with Crippen molar-refractivity contribution in [2.24, 2.45) is 0 Å². The van der Waals surface area contributed by atoms with Crippen LogP contribution >= 0.6 is 0 Å². The number of nitrogens with zero attached hydrogens (tertiary/aromatic N) is 2. The highest BCUT2D eigenvalue weighted by Crippen LogP contribution is 2.12. The molecule has 0 fully saturated rings. The smallest absolute Gasteiger partial charge is 0.331 e. The second kappa shape index (κ2) is 10.4. The van der Waals surface area contributed by atoms with E-state index in [1.807, 2.05) is 30.3 Å². The van der Waals surface area contributed by atoms with Crippen molar-refractivity contribution in [1.82, 2.24) is 9.80 Å². The summed E-state index contributed by atoms with van der Waals surface area (Å²) in [6, 6.07) is 8.44. The Labute approximate surface area is 147 Å². The summed E-state index contributed by atoms with van der Waals surface area (Å²) in [4.78, 5) is 38.0. The maximum Gasteiger partial charge on any atom is 0.331 e. The van der Waals surface area contributed by atoms with Crippen LogP contribution in [0.5, 0.6) is 0 Å². The van der Waals surface area contributed by atoms with Gasteiger partial charge in [0.1, 0.15) is 12.5 Å². The van der Waals surface area contributed by atoms with Crippen LogP contribution in [0, 0.1) is 0 Å². The first-order valence-electron chi connectivity index (χ1n) is 7.73. The Morgan fingerprint density at radius 1 is 1.12 bits per heavy atom. The molecule has 3 amide bonds. The van der Waals surface area contributed by atoms with E-state index >= 15 is 0 Å². The molecule has 1 aromatic carbocycles. The molecule has 0 N–H and O–H groups in total. The van der Waals surface area contributed by atoms with Gasteiger partial charge < -0.3 is 9.47 Å². The molecule has 1 radical (unpaired) electrons. The molecule has 0 saturated heterocycles. The van der Waals surface area contributed by atoms with E-state index in [-0.39, 0.29) is 0 Å². The van der Waals surface area contributed by atoms with E-state index in [9.17, 15) is 14.4 Å². The van der Waals surface area contributed by atoms with E-state index in [1.165, 1.54) is 25.2 Å². The Balaban J connectivity index is 3.02. The van der Waals surface area contributed by atoms with Crippen LogP contribution in [0.15, 0.2) is 36.4 Å². The van der Waals surface area contributed by atoms with Crippen LogP contribution in [0.2, 0.25) is 0 Å². The van der Waals surface area contributed by atoms with E-state index in [0.717, 1.165) is 10.5 Å². The van der Waals surface area contributed by atoms with Crippen LogP contribution in [0.25, 0.3) is 6.08 Å². The zero-order valence-corrected chi connectivity index (χ0v) is 14.8. The van der Waals surface area contributed by atoms with Crippen molar-refractivity contribution in [3.8, 4) is 0 Å². The molecule has 0 aliphatic carbocycles. The van der Waals surface area contributed by atoms with Crippen LogP contribution in [0.4, 0.5) is 4.79 Å². The first-order valence-corrected chi connectivity index (χ1v) is 7.73. The molecule has 0 aliphatic heterocycles. The van der Waals surface area contributed by atoms with Gasteiger partial charge in [0, 0.05) is 20.3 Å². The van der Waals surface area contributed by atoms with Crippen LogP contribution in [-0.4, -0.2) is 61.2 Å². The van der Waals surface area contributed by atoms with Gasteiger partial charge in [0.25, 0.3) is 5.91 Å². The van der Waals surface area contributed by atoms with Gasteiger partial charge in [0.15, 0.2) is 0 Å². The fraction of sp³-hybridized carbons (Fsp3) is 0.389. The predicted octanol–water partition coefficient (Wildman–Crippen LogP) is 2.04. The highest BCUT2D eigenvalue weighted by Gasteiger charge is 2.32. The molecule has 0 aromatic heterocycles. The van der Waals surface area contributed by atoms with E-state index < -0.39 is 30.9 Å². The summed E-state index contributed by atoms with van der Waals surface area (Å²) in [6.07, 6.45) is 3.09. The maximum atomic E-state index is 12.7. The minimum Gasteiger partial charge on any atom is -0.362 e. The SMILES string of the molecule is COC(C)N(C(=O)N(C[C]=O)C(=O)/C=C/c1ccccc1)C(C)OC. The Bertz CT molecular complexity index is 593. The van der Waals surface area contributed by atoms with Crippen molar-refractivity contribution in [2.75, 3.05) is 20.8 Å². The molecule has 0 saturated carbocycles. The number of urea groups is 1. The van der Waals surface area contributed by atoms with Gasteiger partial charge in [0.05, 0.1) is 6.54 Å². The third kappa shape index (κ3) is 5.81. The molecule has 7 nitrogen and oxygen atoms in total. The second-order valence-electron chi connectivity index (χ2n) is 5.17. The zero-order chi connectivity index (χ0) is 18.8. The van der Waals surface area contributed by atoms with E-state index in [1.54, 1.807) is 26.2 Å². The first-order chi connectivity index (χ1) is 12.0. The number of amides is 3. The number of hydrogen-bond acceptors (Lipinski definition) is 5. The fourth-order valence-electron chi connectivity index (χ4n) is 2.10. The molecule has 0 bridgehead atoms. The van der Waals surface area contributed by atoms with Gasteiger partial charge >= 0.3 is 6.03 Å². The third-order valence-electron chi connectivity index (χ3n) is 3.62. The van der Waals surface area contributed by atoms with Gasteiger partial charge in [-0.3, -0.25) is 19.4 Å². The fourth-order valence-corrected chi connectivity index (χ4v) is 2.10. The lowest BCUT2D eigenvalue weighted by Crippen LogP contribution is -2.54. The van der Waals surface area contributed by atoms with Crippen molar-refractivity contribution in [3.63, 3.8) is 0 Å². The summed E-state index contributed by atoms with van der Waals surface area (Å²) in [5, 5.41) is 0. The van der Waals surface area contributed by atoms with Crippen LogP contribution < -0.4 is 0 Å². The molecule has 25 heavy (non-hydrogen) atoms. The van der Waals surface area contributed by atoms with Crippen molar-refractivity contribution in [1.29, 1.82) is 0 Å². The third-order valence-corrected chi connectivity index (χ3v) is 3.62. The summed E-state index contributed by atoms with van der Waals surface area (Å²) < 4.78 is 10.3. The quantitative estimate of drug-likeness (QED) is 0.531. The van der Waals surface area contributed by atoms with Gasteiger partial charge in [-0.1, -0.05) is 30.3 Å². The molecule has 2 unspecified atom stereocenters. The minimum atomic E-state index is -0.699. The van der Waals surface area contributed by atoms with Crippen molar-refractivity contribution in [2.45, 2.75) is 26.3 Å². The maximum absolute atomic E-state index is 12.7. The number of benzene rings is 1. The largest absolute Gasteiger partial charge is 0.362 e. The Morgan fingerprint density at radius 2 is 1.68 bits per heavy atom. The molecular weight excluding hydrogens is 324 g/mol. The predicted molar refractivity (Wildman–Crippen MR) is 93.1 cm³/mol. The molecule has 7 heteroatoms. The molecule has 0 spiro atoms. The number of rotatable bonds is 8. The Hall–Kier alpha value is -2.51. The van der Waals surface area contributed by atoms with Gasteiger partial charge in [-0.05, 0) is 25.5 Å². The highest BCUT2D eigenvalue weighted by molar-refractivity contribution is 6.03. The number of carbonyl (C=O) groups excluding carboxylic acids is 3. The Morgan fingerprint density at radius 3 is 2.16 bits per heavy atom. The summed E-state index contributed by atoms with van der Waals surface area (Å²) in [6.45, 7) is 2.79. The molecular formula is C18H23N2O5. The van der Waals surface area contributed by atoms with Crippen LogP contribution in [0.1, 0.15) is 19.4 Å². The highest BCUT2D eigenvalue weighted by atomic mass is 16.5. The topological polar surface area (TPSA) is 76.2 Å². The van der Waals surface area contributed by atoms with E-state index in [2.05, 4.69) is 0 Å². The van der Waals surface area contributed by atoms with Crippen LogP contribution in [-0.2, 0) is 19.1 Å². The van der Waals surface area contributed by atoms with E-state index in [0.29, 0.717) is 0 Å². The normalized spacial score (nSPS) is 13.3. The molecule has 1 aromatic rings. The second-order valence-corrected chi connectivity index (χ2v) is 5.17. The molecule has 0 aliphatic rings. The number of ether oxygens (including phenoxy) is 2. The minimum absolute atomic E-state index is 0.486. The summed E-state index contributed by atoms with van der Waals surface area (Å²) >= 11 is 0. The number of imide groups is 1. The van der Waals surface area contributed by atoms with Gasteiger partial charge in [0.2, 0.25) is 6.29 Å². The van der Waals surface area contributed by atoms with Crippen molar-refractivity contribution in [3.05, 3.63) is 42.0 Å². The number of hydrogen-bond donors (Lipinski definition) is 0. The lowest BCUT2D eigenvalue weighted by molar-refractivity contribution is -0.127. The molecule has 0 heterocycles. The molecule has 1 rings (SSSR count). The molecule has 135 valence electrons. The number of carbonyl (C=O) groups is 2. The number of methoxy groups -OCH3 is 2.